The molecule has 7 heteroatoms. The highest BCUT2D eigenvalue weighted by Gasteiger charge is 2.07. The molecule has 0 aliphatic carbocycles. The van der Waals surface area contributed by atoms with Crippen LogP contribution in [0, 0.1) is 16.7 Å². The van der Waals surface area contributed by atoms with Crippen LogP contribution in [0.3, 0.4) is 0 Å². The number of aromatic nitrogens is 1. The Balaban J connectivity index is 1.84. The van der Waals surface area contributed by atoms with Gasteiger partial charge in [0.2, 0.25) is 5.71 Å². The van der Waals surface area contributed by atoms with Crippen LogP contribution in [0.1, 0.15) is 0 Å². The fourth-order valence-corrected chi connectivity index (χ4v) is 2.96. The van der Waals surface area contributed by atoms with E-state index in [1.165, 1.54) is 0 Å². The van der Waals surface area contributed by atoms with Crippen molar-refractivity contribution in [1.82, 2.24) is 4.98 Å². The number of hydrazone groups is 1. The summed E-state index contributed by atoms with van der Waals surface area (Å²) in [6.45, 7) is 0. The van der Waals surface area contributed by atoms with Crippen molar-refractivity contribution in [3.8, 4) is 27.9 Å². The summed E-state index contributed by atoms with van der Waals surface area (Å²) < 4.78 is 0. The van der Waals surface area contributed by atoms with Crippen LogP contribution in [0.4, 0.5) is 5.69 Å². The largest absolute Gasteiger partial charge is 0.382 e. The Morgan fingerprint density at radius 3 is 2.64 bits per heavy atom. The maximum absolute atomic E-state index is 8.87. The second kappa shape index (κ2) is 7.38. The van der Waals surface area contributed by atoms with Gasteiger partial charge >= 0.3 is 0 Å². The topological polar surface area (TPSA) is 111 Å². The first kappa shape index (κ1) is 16.4. The van der Waals surface area contributed by atoms with E-state index in [0.29, 0.717) is 5.69 Å². The normalized spacial score (nSPS) is 10.9. The number of amidine groups is 1. The fraction of sp³-hybridized carbons (Fsp3) is 0. The number of rotatable bonds is 5. The average molecular weight is 346 g/mol. The molecule has 0 aliphatic rings. The number of hydrogen-bond donors (Lipinski definition) is 3. The lowest BCUT2D eigenvalue weighted by molar-refractivity contribution is 1.33. The maximum Gasteiger partial charge on any atom is 0.201 e. The van der Waals surface area contributed by atoms with Crippen molar-refractivity contribution in [3.63, 3.8) is 0 Å². The maximum atomic E-state index is 8.87. The molecule has 0 radical (unpaired) electrons. The smallest absolute Gasteiger partial charge is 0.201 e. The van der Waals surface area contributed by atoms with Crippen LogP contribution in [0.5, 0.6) is 0 Å². The van der Waals surface area contributed by atoms with Gasteiger partial charge in [0.25, 0.3) is 0 Å². The van der Waals surface area contributed by atoms with Crippen LogP contribution in [0.2, 0.25) is 0 Å². The van der Waals surface area contributed by atoms with Gasteiger partial charge in [-0.15, -0.1) is 11.3 Å². The molecule has 0 bridgehead atoms. The molecule has 4 N–H and O–H groups in total. The van der Waals surface area contributed by atoms with Crippen molar-refractivity contribution in [2.75, 3.05) is 5.43 Å². The van der Waals surface area contributed by atoms with Gasteiger partial charge in [-0.05, 0) is 12.1 Å². The minimum Gasteiger partial charge on any atom is -0.382 e. The molecule has 0 fully saturated rings. The van der Waals surface area contributed by atoms with Crippen LogP contribution >= 0.6 is 11.3 Å². The van der Waals surface area contributed by atoms with Crippen molar-refractivity contribution < 1.29 is 0 Å². The lowest BCUT2D eigenvalue weighted by atomic mass is 10.2. The number of nitrogens with two attached hydrogens (primary N) is 1. The molecule has 3 rings (SSSR count). The molecule has 0 unspecified atom stereocenters. The van der Waals surface area contributed by atoms with E-state index in [-0.39, 0.29) is 11.5 Å². The summed E-state index contributed by atoms with van der Waals surface area (Å²) in [6, 6.07) is 19.3. The molecule has 6 nitrogen and oxygen atoms in total. The third-order valence-corrected chi connectivity index (χ3v) is 4.23. The molecule has 25 heavy (non-hydrogen) atoms. The van der Waals surface area contributed by atoms with E-state index in [4.69, 9.17) is 16.4 Å². The van der Waals surface area contributed by atoms with E-state index >= 15 is 0 Å². The second-order valence-electron chi connectivity index (χ2n) is 5.08. The predicted molar refractivity (Wildman–Crippen MR) is 102 cm³/mol. The zero-order valence-electron chi connectivity index (χ0n) is 13.1. The van der Waals surface area contributed by atoms with Gasteiger partial charge in [0, 0.05) is 16.5 Å². The Hall–Kier alpha value is -3.50. The summed E-state index contributed by atoms with van der Waals surface area (Å²) in [6.07, 6.45) is 0. The molecule has 1 heterocycles. The van der Waals surface area contributed by atoms with E-state index in [0.717, 1.165) is 21.8 Å². The summed E-state index contributed by atoms with van der Waals surface area (Å²) >= 11 is 1.56. The number of nitrogens with zero attached hydrogens (tertiary/aromatic N) is 3. The summed E-state index contributed by atoms with van der Waals surface area (Å²) in [7, 11) is 0. The quantitative estimate of drug-likeness (QED) is 0.371. The van der Waals surface area contributed by atoms with Crippen LogP contribution in [0.15, 0.2) is 65.1 Å². The summed E-state index contributed by atoms with van der Waals surface area (Å²) in [5.74, 6) is -0.376. The third-order valence-electron chi connectivity index (χ3n) is 3.34. The van der Waals surface area contributed by atoms with Gasteiger partial charge in [-0.3, -0.25) is 10.8 Å². The van der Waals surface area contributed by atoms with Crippen LogP contribution in [-0.4, -0.2) is 16.5 Å². The minimum atomic E-state index is -0.376. The Morgan fingerprint density at radius 2 is 1.92 bits per heavy atom. The molecular formula is C18H14N6S. The van der Waals surface area contributed by atoms with Crippen molar-refractivity contribution in [2.45, 2.75) is 0 Å². The van der Waals surface area contributed by atoms with E-state index in [9.17, 15) is 0 Å². The highest BCUT2D eigenvalue weighted by molar-refractivity contribution is 7.13. The van der Waals surface area contributed by atoms with E-state index in [1.807, 2.05) is 60.0 Å². The lowest BCUT2D eigenvalue weighted by Gasteiger charge is -2.03. The van der Waals surface area contributed by atoms with Crippen LogP contribution in [0.25, 0.3) is 21.8 Å². The van der Waals surface area contributed by atoms with E-state index < -0.39 is 0 Å². The molecule has 0 atom stereocenters. The number of benzene rings is 2. The third kappa shape index (κ3) is 3.88. The first-order valence-corrected chi connectivity index (χ1v) is 8.25. The monoisotopic (exact) mass is 346 g/mol. The molecule has 0 aliphatic heterocycles. The highest BCUT2D eigenvalue weighted by atomic mass is 32.1. The van der Waals surface area contributed by atoms with Gasteiger partial charge in [0.05, 0.1) is 11.4 Å². The van der Waals surface area contributed by atoms with Crippen molar-refractivity contribution in [1.29, 1.82) is 10.7 Å². The molecular weight excluding hydrogens is 332 g/mol. The molecule has 3 aromatic rings. The predicted octanol–water partition coefficient (Wildman–Crippen LogP) is 3.70. The Bertz CT molecular complexity index is 968. The first-order chi connectivity index (χ1) is 12.2. The summed E-state index contributed by atoms with van der Waals surface area (Å²) in [5.41, 5.74) is 11.5. The molecule has 122 valence electrons. The van der Waals surface area contributed by atoms with Crippen LogP contribution < -0.4 is 11.2 Å². The summed E-state index contributed by atoms with van der Waals surface area (Å²) in [4.78, 5) is 4.68. The zero-order chi connectivity index (χ0) is 17.6. The van der Waals surface area contributed by atoms with Gasteiger partial charge in [0.15, 0.2) is 5.84 Å². The average Bonchev–Trinajstić information content (AvgIpc) is 3.13. The standard InChI is InChI=1S/C18H14N6S/c19-10-15(17(20)21)24-23-14-8-4-7-13(9-14)18-22-16(11-25-18)12-5-2-1-3-6-12/h1-9,11,23H,(H3,20,21)/b24-15+. The highest BCUT2D eigenvalue weighted by Crippen LogP contribution is 2.30. The Kier molecular flexibility index (Phi) is 4.83. The lowest BCUT2D eigenvalue weighted by Crippen LogP contribution is -2.21. The minimum absolute atomic E-state index is 0.161. The molecule has 1 aromatic heterocycles. The van der Waals surface area contributed by atoms with E-state index in [1.54, 1.807) is 17.4 Å². The SMILES string of the molecule is N#C/C(=N\Nc1cccc(-c2nc(-c3ccccc3)cs2)c1)C(=N)N. The zero-order valence-corrected chi connectivity index (χ0v) is 13.9. The number of thiazole rings is 1. The van der Waals surface area contributed by atoms with Crippen molar-refractivity contribution in [3.05, 3.63) is 60.0 Å². The number of anilines is 1. The number of hydrogen-bond acceptors (Lipinski definition) is 6. The molecule has 0 amide bonds. The van der Waals surface area contributed by atoms with Gasteiger partial charge in [0.1, 0.15) is 11.1 Å². The fourth-order valence-electron chi connectivity index (χ4n) is 2.14. The van der Waals surface area contributed by atoms with Gasteiger partial charge in [-0.25, -0.2) is 4.98 Å². The van der Waals surface area contributed by atoms with Crippen molar-refractivity contribution in [2.24, 2.45) is 10.8 Å². The number of nitriles is 1. The number of nitrogens with one attached hydrogen (secondary N) is 2. The van der Waals surface area contributed by atoms with E-state index in [2.05, 4.69) is 15.5 Å². The molecule has 0 spiro atoms. The summed E-state index contributed by atoms with van der Waals surface area (Å²) in [5, 5.41) is 22.9. The van der Waals surface area contributed by atoms with Gasteiger partial charge in [-0.2, -0.15) is 10.4 Å². The first-order valence-electron chi connectivity index (χ1n) is 7.37. The molecule has 2 aromatic carbocycles. The molecule has 0 saturated heterocycles. The Morgan fingerprint density at radius 1 is 1.16 bits per heavy atom. The Labute approximate surface area is 148 Å². The van der Waals surface area contributed by atoms with Crippen molar-refractivity contribution >= 4 is 28.6 Å². The second-order valence-corrected chi connectivity index (χ2v) is 5.94. The molecule has 0 saturated carbocycles. The van der Waals surface area contributed by atoms with Gasteiger partial charge < -0.3 is 5.73 Å². The van der Waals surface area contributed by atoms with Gasteiger partial charge in [-0.1, -0.05) is 42.5 Å². The van der Waals surface area contributed by atoms with Crippen LogP contribution in [-0.2, 0) is 0 Å².